The Kier molecular flexibility index (Phi) is 16.5. The van der Waals surface area contributed by atoms with E-state index in [1.54, 1.807) is 19.3 Å². The lowest BCUT2D eigenvalue weighted by molar-refractivity contribution is -0.191. The predicted molar refractivity (Wildman–Crippen MR) is 285 cm³/mol. The molecule has 16 rings (SSSR count). The van der Waals surface area contributed by atoms with Gasteiger partial charge in [0.2, 0.25) is 0 Å². The fraction of sp³-hybridized carbons (Fsp3) is 0.984. The highest BCUT2D eigenvalue weighted by Gasteiger charge is 2.56. The van der Waals surface area contributed by atoms with Crippen LogP contribution in [0, 0.1) is 99.1 Å². The summed E-state index contributed by atoms with van der Waals surface area (Å²) in [6.07, 6.45) is 34.9. The van der Waals surface area contributed by atoms with Crippen molar-refractivity contribution in [1.82, 2.24) is 0 Å². The van der Waals surface area contributed by atoms with Gasteiger partial charge < -0.3 is 23.7 Å². The van der Waals surface area contributed by atoms with Crippen molar-refractivity contribution in [1.29, 1.82) is 0 Å². The zero-order chi connectivity index (χ0) is 50.0. The Morgan fingerprint density at radius 2 is 0.829 bits per heavy atom. The molecule has 8 unspecified atom stereocenters. The molecule has 16 bridgehead atoms. The summed E-state index contributed by atoms with van der Waals surface area (Å²) < 4.78 is 30.8. The minimum absolute atomic E-state index is 0.0323. The van der Waals surface area contributed by atoms with E-state index in [4.69, 9.17) is 23.7 Å². The smallest absolute Gasteiger partial charge is 0.309 e. The van der Waals surface area contributed by atoms with E-state index in [-0.39, 0.29) is 35.1 Å². The highest BCUT2D eigenvalue weighted by Crippen LogP contribution is 2.63. The highest BCUT2D eigenvalue weighted by atomic mass is 16.6. The number of hydrogen-bond donors (Lipinski definition) is 0. The Balaban J connectivity index is 0.000000116. The summed E-state index contributed by atoms with van der Waals surface area (Å²) in [4.78, 5) is 11.9. The molecular formula is C64H110O6. The molecule has 2 saturated heterocycles. The maximum absolute atomic E-state index is 11.9. The van der Waals surface area contributed by atoms with Crippen molar-refractivity contribution in [2.75, 3.05) is 13.2 Å². The lowest BCUT2D eigenvalue weighted by Crippen LogP contribution is -2.53. The molecule has 14 aliphatic carbocycles. The van der Waals surface area contributed by atoms with Crippen molar-refractivity contribution in [3.05, 3.63) is 0 Å². The third-order valence-corrected chi connectivity index (χ3v) is 22.6. The normalized spacial score (nSPS) is 44.8. The van der Waals surface area contributed by atoms with Crippen molar-refractivity contribution in [3.63, 3.8) is 0 Å². The Hall–Kier alpha value is -0.690. The van der Waals surface area contributed by atoms with Crippen LogP contribution in [0.2, 0.25) is 0 Å². The fourth-order valence-corrected chi connectivity index (χ4v) is 19.0. The van der Waals surface area contributed by atoms with E-state index in [0.29, 0.717) is 58.4 Å². The summed E-state index contributed by atoms with van der Waals surface area (Å²) in [6, 6.07) is 0. The molecule has 6 nitrogen and oxygen atoms in total. The van der Waals surface area contributed by atoms with Crippen molar-refractivity contribution in [2.24, 2.45) is 99.1 Å². The third-order valence-electron chi connectivity index (χ3n) is 22.6. The second-order valence-electron chi connectivity index (χ2n) is 30.8. The van der Waals surface area contributed by atoms with E-state index < -0.39 is 0 Å². The van der Waals surface area contributed by atoms with Gasteiger partial charge in [-0.2, -0.15) is 0 Å². The minimum atomic E-state index is -0.0770. The molecule has 402 valence electrons. The number of fused-ring (bicyclic) bond motifs is 1. The molecule has 2 aliphatic heterocycles. The molecule has 0 aromatic carbocycles. The number of carbonyl (C=O) groups excluding carboxylic acids is 1. The molecule has 6 heteroatoms. The zero-order valence-electron chi connectivity index (χ0n) is 47.8. The van der Waals surface area contributed by atoms with E-state index >= 15 is 0 Å². The molecule has 2 heterocycles. The first-order valence-electron chi connectivity index (χ1n) is 30.8. The number of carbonyl (C=O) groups is 1. The van der Waals surface area contributed by atoms with E-state index in [0.717, 1.165) is 98.6 Å². The van der Waals surface area contributed by atoms with Gasteiger partial charge in [-0.25, -0.2) is 0 Å². The molecular weight excluding hydrogens is 865 g/mol. The van der Waals surface area contributed by atoms with Crippen LogP contribution < -0.4 is 0 Å². The Bertz CT molecular complexity index is 1620. The van der Waals surface area contributed by atoms with Gasteiger partial charge in [-0.1, -0.05) is 62.3 Å². The van der Waals surface area contributed by atoms with Crippen LogP contribution in [0.5, 0.6) is 0 Å². The van der Waals surface area contributed by atoms with Gasteiger partial charge in [0.15, 0.2) is 0 Å². The molecule has 8 atom stereocenters. The average Bonchev–Trinajstić information content (AvgIpc) is 3.40. The summed E-state index contributed by atoms with van der Waals surface area (Å²) in [5, 5.41) is 0. The van der Waals surface area contributed by atoms with E-state index in [1.165, 1.54) is 103 Å². The SMILES string of the molecule is CC(C)C(C)OC12CC3CC(C1)OC(=O)C(C3)C2.CC(C)C(C)OC12CC3CC(CC(C3)C1)C2.CC(C)C(C)OCC12CC3CC(CC(C3)C1)C2.CC(OCCC12CC3CC(CC(C3)C1)C2)C(C)(C)C. The highest BCUT2D eigenvalue weighted by molar-refractivity contribution is 5.73. The van der Waals surface area contributed by atoms with Crippen LogP contribution in [-0.4, -0.2) is 60.9 Å². The standard InChI is InChI=1S/C18H32O.C16H28O.C15H24O3.C15H26O/c1-13(17(2,3)4)19-6-5-18-10-14-7-15(11-18)9-16(8-14)12-18;1-11(2)12(3)17-10-16-7-13-4-14(8-16)6-15(5-13)9-16;1-9(2)10(3)18-15-6-11-4-12(7-15)14(16)17-13(5-11)8-15;1-10(2)11(3)16-15-7-12-4-13(8-15)6-14(5-12)9-15/h13-16H,5-12H2,1-4H3;11-15H,4-10H2,1-3H3;9-13H,4-8H2,1-3H3;10-14H,4-9H2,1-3H3. The predicted octanol–water partition coefficient (Wildman–Crippen LogP) is 16.2. The van der Waals surface area contributed by atoms with Gasteiger partial charge in [0, 0.05) is 13.0 Å². The van der Waals surface area contributed by atoms with Crippen LogP contribution in [-0.2, 0) is 28.5 Å². The Labute approximate surface area is 430 Å². The van der Waals surface area contributed by atoms with E-state index in [1.807, 2.05) is 0 Å². The van der Waals surface area contributed by atoms with Gasteiger partial charge in [0.05, 0.1) is 48.1 Å². The van der Waals surface area contributed by atoms with Crippen LogP contribution in [0.15, 0.2) is 0 Å². The summed E-state index contributed by atoms with van der Waals surface area (Å²) in [7, 11) is 0. The van der Waals surface area contributed by atoms with Crippen LogP contribution in [0.3, 0.4) is 0 Å². The second-order valence-corrected chi connectivity index (χ2v) is 30.8. The van der Waals surface area contributed by atoms with Gasteiger partial charge in [-0.05, 0) is 269 Å². The first-order valence-corrected chi connectivity index (χ1v) is 30.8. The van der Waals surface area contributed by atoms with Crippen LogP contribution in [0.25, 0.3) is 0 Å². The molecule has 0 amide bonds. The number of ether oxygens (including phenoxy) is 5. The van der Waals surface area contributed by atoms with Crippen molar-refractivity contribution >= 4 is 5.97 Å². The van der Waals surface area contributed by atoms with Crippen LogP contribution in [0.4, 0.5) is 0 Å². The quantitative estimate of drug-likeness (QED) is 0.162. The zero-order valence-corrected chi connectivity index (χ0v) is 47.8. The molecule has 16 fully saturated rings. The van der Waals surface area contributed by atoms with Gasteiger partial charge in [-0.15, -0.1) is 0 Å². The van der Waals surface area contributed by atoms with E-state index in [2.05, 4.69) is 90.0 Å². The third kappa shape index (κ3) is 12.8. The molecule has 0 radical (unpaired) electrons. The van der Waals surface area contributed by atoms with Crippen molar-refractivity contribution in [3.8, 4) is 0 Å². The molecule has 0 aromatic rings. The number of rotatable bonds is 14. The van der Waals surface area contributed by atoms with Crippen molar-refractivity contribution < 1.29 is 28.5 Å². The lowest BCUT2D eigenvalue weighted by Gasteiger charge is -2.57. The lowest BCUT2D eigenvalue weighted by atomic mass is 9.49. The van der Waals surface area contributed by atoms with Gasteiger partial charge in [-0.3, -0.25) is 4.79 Å². The number of hydrogen-bond acceptors (Lipinski definition) is 6. The van der Waals surface area contributed by atoms with Crippen LogP contribution in [0.1, 0.15) is 244 Å². The maximum Gasteiger partial charge on any atom is 0.309 e. The topological polar surface area (TPSA) is 63.2 Å². The fourth-order valence-electron chi connectivity index (χ4n) is 19.0. The largest absolute Gasteiger partial charge is 0.462 e. The Morgan fingerprint density at radius 1 is 0.457 bits per heavy atom. The molecule has 0 spiro atoms. The average molecular weight is 976 g/mol. The van der Waals surface area contributed by atoms with Crippen molar-refractivity contribution in [2.45, 2.75) is 286 Å². The van der Waals surface area contributed by atoms with Gasteiger partial charge >= 0.3 is 5.97 Å². The molecule has 16 aliphatic rings. The summed E-state index contributed by atoms with van der Waals surface area (Å²) in [5.41, 5.74) is 1.79. The Morgan fingerprint density at radius 3 is 1.23 bits per heavy atom. The van der Waals surface area contributed by atoms with Crippen LogP contribution >= 0.6 is 0 Å². The molecule has 14 saturated carbocycles. The van der Waals surface area contributed by atoms with Gasteiger partial charge in [0.25, 0.3) is 0 Å². The second kappa shape index (κ2) is 21.4. The molecule has 0 aromatic heterocycles. The number of esters is 1. The molecule has 70 heavy (non-hydrogen) atoms. The van der Waals surface area contributed by atoms with Gasteiger partial charge in [0.1, 0.15) is 6.10 Å². The molecule has 0 N–H and O–H groups in total. The maximum atomic E-state index is 11.9. The summed E-state index contributed by atoms with van der Waals surface area (Å²) in [6.45, 7) is 31.3. The van der Waals surface area contributed by atoms with E-state index in [9.17, 15) is 4.79 Å². The summed E-state index contributed by atoms with van der Waals surface area (Å²) in [5.74, 6) is 12.0. The summed E-state index contributed by atoms with van der Waals surface area (Å²) >= 11 is 0. The monoisotopic (exact) mass is 975 g/mol. The minimum Gasteiger partial charge on any atom is -0.462 e. The first kappa shape index (κ1) is 54.1. The first-order chi connectivity index (χ1) is 33.0.